The van der Waals surface area contributed by atoms with Crippen LogP contribution in [0.2, 0.25) is 0 Å². The fraction of sp³-hybridized carbons (Fsp3) is 0.857. The minimum Gasteiger partial charge on any atom is -0.466 e. The summed E-state index contributed by atoms with van der Waals surface area (Å²) in [4.78, 5) is 10.6. The Hall–Kier alpha value is -0.710. The van der Waals surface area contributed by atoms with Gasteiger partial charge in [-0.1, -0.05) is 0 Å². The first-order valence-corrected chi connectivity index (χ1v) is 3.69. The van der Waals surface area contributed by atoms with Gasteiger partial charge in [-0.15, -0.1) is 0 Å². The lowest BCUT2D eigenvalue weighted by Gasteiger charge is -2.07. The van der Waals surface area contributed by atoms with Gasteiger partial charge in [0.05, 0.1) is 6.61 Å². The lowest BCUT2D eigenvalue weighted by Crippen LogP contribution is -2.19. The van der Waals surface area contributed by atoms with Gasteiger partial charge in [-0.05, 0) is 13.3 Å². The van der Waals surface area contributed by atoms with Crippen LogP contribution in [-0.2, 0) is 9.53 Å². The van der Waals surface area contributed by atoms with Crippen LogP contribution in [0.25, 0.3) is 0 Å². The second-order valence-electron chi connectivity index (χ2n) is 2.25. The Kier molecular flexibility index (Phi) is 5.53. The molecule has 1 atom stereocenters. The molecule has 72 valence electrons. The van der Waals surface area contributed by atoms with Crippen LogP contribution in [0.1, 0.15) is 19.8 Å². The van der Waals surface area contributed by atoms with E-state index in [1.807, 2.05) is 0 Å². The molecule has 0 rings (SSSR count). The van der Waals surface area contributed by atoms with Crippen molar-refractivity contribution >= 4 is 5.97 Å². The van der Waals surface area contributed by atoms with Gasteiger partial charge in [-0.25, -0.2) is 8.78 Å². The number of hydrogen-bond donors (Lipinski definition) is 1. The maximum atomic E-state index is 11.7. The van der Waals surface area contributed by atoms with Gasteiger partial charge in [-0.3, -0.25) is 4.79 Å². The Bertz CT molecular complexity index is 139. The van der Waals surface area contributed by atoms with Crippen LogP contribution in [0.4, 0.5) is 8.78 Å². The maximum Gasteiger partial charge on any atom is 0.305 e. The van der Waals surface area contributed by atoms with Crippen LogP contribution in [0.15, 0.2) is 0 Å². The van der Waals surface area contributed by atoms with E-state index in [2.05, 4.69) is 4.74 Å². The van der Waals surface area contributed by atoms with Gasteiger partial charge in [0.1, 0.15) is 6.10 Å². The Labute approximate surface area is 69.3 Å². The Balaban J connectivity index is 3.47. The smallest absolute Gasteiger partial charge is 0.305 e. The fourth-order valence-corrected chi connectivity index (χ4v) is 0.625. The number of rotatable bonds is 5. The average molecular weight is 182 g/mol. The highest BCUT2D eigenvalue weighted by Crippen LogP contribution is 2.07. The predicted molar refractivity (Wildman–Crippen MR) is 37.9 cm³/mol. The molecule has 0 fully saturated rings. The number of alkyl halides is 2. The van der Waals surface area contributed by atoms with Crippen molar-refractivity contribution in [2.75, 3.05) is 6.61 Å². The Morgan fingerprint density at radius 3 is 2.58 bits per heavy atom. The molecule has 0 aliphatic carbocycles. The number of ether oxygens (including phenoxy) is 1. The molecule has 0 bridgehead atoms. The summed E-state index contributed by atoms with van der Waals surface area (Å²) in [6, 6.07) is 0. The number of halogens is 2. The normalized spacial score (nSPS) is 13.1. The largest absolute Gasteiger partial charge is 0.466 e. The van der Waals surface area contributed by atoms with Crippen molar-refractivity contribution in [2.24, 2.45) is 0 Å². The first kappa shape index (κ1) is 11.3. The highest BCUT2D eigenvalue weighted by molar-refractivity contribution is 5.69. The average Bonchev–Trinajstić information content (AvgIpc) is 2.00. The fourth-order valence-electron chi connectivity index (χ4n) is 0.625. The second-order valence-corrected chi connectivity index (χ2v) is 2.25. The van der Waals surface area contributed by atoms with Crippen molar-refractivity contribution in [1.29, 1.82) is 0 Å². The van der Waals surface area contributed by atoms with Crippen molar-refractivity contribution in [2.45, 2.75) is 32.3 Å². The predicted octanol–water partition coefficient (Wildman–Crippen LogP) is 0.956. The minimum atomic E-state index is -2.79. The number of carbonyl (C=O) groups is 1. The molecule has 0 aromatic heterocycles. The molecule has 12 heavy (non-hydrogen) atoms. The molecule has 0 spiro atoms. The molecule has 0 heterocycles. The van der Waals surface area contributed by atoms with Crippen molar-refractivity contribution < 1.29 is 23.4 Å². The monoisotopic (exact) mass is 182 g/mol. The molecule has 1 N–H and O–H groups in total. The van der Waals surface area contributed by atoms with Gasteiger partial charge in [0.15, 0.2) is 0 Å². The summed E-state index contributed by atoms with van der Waals surface area (Å²) < 4.78 is 27.8. The molecule has 3 nitrogen and oxygen atoms in total. The zero-order valence-corrected chi connectivity index (χ0v) is 6.80. The highest BCUT2D eigenvalue weighted by Gasteiger charge is 2.17. The van der Waals surface area contributed by atoms with E-state index in [9.17, 15) is 13.6 Å². The van der Waals surface area contributed by atoms with Gasteiger partial charge < -0.3 is 9.84 Å². The number of carbonyl (C=O) groups excluding carboxylic acids is 1. The second kappa shape index (κ2) is 5.88. The van der Waals surface area contributed by atoms with E-state index < -0.39 is 18.5 Å². The van der Waals surface area contributed by atoms with E-state index in [1.54, 1.807) is 6.92 Å². The van der Waals surface area contributed by atoms with Crippen LogP contribution >= 0.6 is 0 Å². The third-order valence-corrected chi connectivity index (χ3v) is 1.24. The van der Waals surface area contributed by atoms with E-state index in [4.69, 9.17) is 5.11 Å². The SMILES string of the molecule is CCOC(=O)CC[C@H](O)C(F)F. The summed E-state index contributed by atoms with van der Waals surface area (Å²) in [5, 5.41) is 8.59. The molecular weight excluding hydrogens is 170 g/mol. The van der Waals surface area contributed by atoms with Crippen molar-refractivity contribution in [3.8, 4) is 0 Å². The molecule has 0 unspecified atom stereocenters. The molecular formula is C7H12F2O3. The van der Waals surface area contributed by atoms with E-state index >= 15 is 0 Å². The van der Waals surface area contributed by atoms with E-state index in [0.717, 1.165) is 0 Å². The molecule has 0 saturated heterocycles. The van der Waals surface area contributed by atoms with E-state index in [0.29, 0.717) is 0 Å². The number of aliphatic hydroxyl groups is 1. The molecule has 5 heteroatoms. The van der Waals surface area contributed by atoms with Crippen LogP contribution in [0.3, 0.4) is 0 Å². The van der Waals surface area contributed by atoms with Crippen LogP contribution < -0.4 is 0 Å². The summed E-state index contributed by atoms with van der Waals surface area (Å²) in [6.45, 7) is 1.85. The molecule has 0 aliphatic rings. The zero-order valence-electron chi connectivity index (χ0n) is 6.80. The lowest BCUT2D eigenvalue weighted by atomic mass is 10.2. The molecule has 0 amide bonds. The van der Waals surface area contributed by atoms with E-state index in [1.165, 1.54) is 0 Å². The minimum absolute atomic E-state index is 0.167. The number of hydrogen-bond acceptors (Lipinski definition) is 3. The van der Waals surface area contributed by atoms with Gasteiger partial charge in [0.2, 0.25) is 0 Å². The van der Waals surface area contributed by atoms with Crippen molar-refractivity contribution in [3.05, 3.63) is 0 Å². The summed E-state index contributed by atoms with van der Waals surface area (Å²) in [6.07, 6.45) is -4.94. The summed E-state index contributed by atoms with van der Waals surface area (Å²) in [7, 11) is 0. The Morgan fingerprint density at radius 1 is 1.58 bits per heavy atom. The lowest BCUT2D eigenvalue weighted by molar-refractivity contribution is -0.144. The van der Waals surface area contributed by atoms with Gasteiger partial charge >= 0.3 is 5.97 Å². The third kappa shape index (κ3) is 5.01. The summed E-state index contributed by atoms with van der Waals surface area (Å²) >= 11 is 0. The number of esters is 1. The maximum absolute atomic E-state index is 11.7. The topological polar surface area (TPSA) is 46.5 Å². The molecule has 0 radical (unpaired) electrons. The van der Waals surface area contributed by atoms with E-state index in [-0.39, 0.29) is 19.4 Å². The summed E-state index contributed by atoms with van der Waals surface area (Å²) in [5.74, 6) is -0.558. The quantitative estimate of drug-likeness (QED) is 0.644. The van der Waals surface area contributed by atoms with Crippen molar-refractivity contribution in [1.82, 2.24) is 0 Å². The first-order valence-electron chi connectivity index (χ1n) is 3.69. The van der Waals surface area contributed by atoms with Gasteiger partial charge in [0.25, 0.3) is 6.43 Å². The van der Waals surface area contributed by atoms with Gasteiger partial charge in [-0.2, -0.15) is 0 Å². The first-order chi connectivity index (χ1) is 5.57. The summed E-state index contributed by atoms with van der Waals surface area (Å²) in [5.41, 5.74) is 0. The molecule has 0 aliphatic heterocycles. The number of aliphatic hydroxyl groups excluding tert-OH is 1. The van der Waals surface area contributed by atoms with Crippen LogP contribution in [0.5, 0.6) is 0 Å². The Morgan fingerprint density at radius 2 is 2.17 bits per heavy atom. The zero-order chi connectivity index (χ0) is 9.56. The molecule has 0 saturated carbocycles. The molecule has 0 aromatic rings. The third-order valence-electron chi connectivity index (χ3n) is 1.24. The standard InChI is InChI=1S/C7H12F2O3/c1-2-12-6(11)4-3-5(10)7(8)9/h5,7,10H,2-4H2,1H3/t5-/m0/s1. The van der Waals surface area contributed by atoms with Crippen LogP contribution in [-0.4, -0.2) is 30.2 Å². The highest BCUT2D eigenvalue weighted by atomic mass is 19.3. The van der Waals surface area contributed by atoms with Gasteiger partial charge in [0, 0.05) is 6.42 Å². The van der Waals surface area contributed by atoms with Crippen molar-refractivity contribution in [3.63, 3.8) is 0 Å². The van der Waals surface area contributed by atoms with Crippen LogP contribution in [0, 0.1) is 0 Å². The molecule has 0 aromatic carbocycles.